The van der Waals surface area contributed by atoms with Crippen molar-refractivity contribution in [3.05, 3.63) is 29.8 Å². The van der Waals surface area contributed by atoms with Gasteiger partial charge in [0.05, 0.1) is 6.10 Å². The first-order valence-electron chi connectivity index (χ1n) is 6.45. The molecule has 1 aromatic carbocycles. The smallest absolute Gasteiger partial charge is 0.123 e. The van der Waals surface area contributed by atoms with Crippen LogP contribution in [0.3, 0.4) is 0 Å². The molecule has 0 bridgehead atoms. The Morgan fingerprint density at radius 3 is 2.65 bits per heavy atom. The van der Waals surface area contributed by atoms with Gasteiger partial charge in [-0.05, 0) is 36.4 Å². The molecule has 0 saturated heterocycles. The zero-order valence-electron chi connectivity index (χ0n) is 11.1. The van der Waals surface area contributed by atoms with Gasteiger partial charge in [0, 0.05) is 5.92 Å². The molecule has 2 rings (SSSR count). The summed E-state index contributed by atoms with van der Waals surface area (Å²) in [7, 11) is 0. The first-order valence-corrected chi connectivity index (χ1v) is 6.45. The number of ether oxygens (including phenoxy) is 1. The van der Waals surface area contributed by atoms with Crippen LogP contribution in [0.25, 0.3) is 0 Å². The number of fused-ring (bicyclic) bond motifs is 1. The number of para-hydroxylation sites is 1. The molecule has 2 nitrogen and oxygen atoms in total. The maximum atomic E-state index is 6.08. The molecular formula is C15H23NO. The molecule has 0 aliphatic carbocycles. The summed E-state index contributed by atoms with van der Waals surface area (Å²) in [5.74, 6) is 1.48. The lowest BCUT2D eigenvalue weighted by Crippen LogP contribution is -2.32. The van der Waals surface area contributed by atoms with Gasteiger partial charge < -0.3 is 10.5 Å². The predicted octanol–water partition coefficient (Wildman–Crippen LogP) is 3.32. The number of hydrogen-bond donors (Lipinski definition) is 1. The van der Waals surface area contributed by atoms with Crippen LogP contribution in [0, 0.1) is 5.41 Å². The van der Waals surface area contributed by atoms with Crippen LogP contribution in [-0.2, 0) is 0 Å². The Kier molecular flexibility index (Phi) is 3.43. The zero-order valence-corrected chi connectivity index (χ0v) is 11.1. The maximum absolute atomic E-state index is 6.08. The number of rotatable bonds is 2. The molecule has 1 aliphatic rings. The molecule has 0 aromatic heterocycles. The van der Waals surface area contributed by atoms with E-state index in [-0.39, 0.29) is 0 Å². The molecule has 2 N–H and O–H groups in total. The molecule has 0 saturated carbocycles. The van der Waals surface area contributed by atoms with Crippen molar-refractivity contribution in [1.82, 2.24) is 0 Å². The van der Waals surface area contributed by atoms with Crippen molar-refractivity contribution in [3.8, 4) is 5.75 Å². The summed E-state index contributed by atoms with van der Waals surface area (Å²) >= 11 is 0. The zero-order chi connectivity index (χ0) is 12.5. The first-order chi connectivity index (χ1) is 7.99. The van der Waals surface area contributed by atoms with Gasteiger partial charge in [-0.1, -0.05) is 39.0 Å². The minimum absolute atomic E-state index is 0.302. The third kappa shape index (κ3) is 3.01. The third-order valence-electron chi connectivity index (χ3n) is 3.32. The second-order valence-electron chi connectivity index (χ2n) is 6.21. The summed E-state index contributed by atoms with van der Waals surface area (Å²) in [4.78, 5) is 0. The van der Waals surface area contributed by atoms with E-state index in [1.807, 2.05) is 6.07 Å². The number of benzene rings is 1. The molecule has 0 amide bonds. The minimum atomic E-state index is 0.302. The lowest BCUT2D eigenvalue weighted by atomic mass is 9.82. The van der Waals surface area contributed by atoms with Gasteiger partial charge in [-0.15, -0.1) is 0 Å². The van der Waals surface area contributed by atoms with Crippen molar-refractivity contribution >= 4 is 0 Å². The van der Waals surface area contributed by atoms with E-state index in [9.17, 15) is 0 Å². The number of nitrogens with two attached hydrogens (primary N) is 1. The monoisotopic (exact) mass is 233 g/mol. The van der Waals surface area contributed by atoms with Crippen LogP contribution < -0.4 is 10.5 Å². The topological polar surface area (TPSA) is 35.2 Å². The fraction of sp³-hybridized carbons (Fsp3) is 0.600. The van der Waals surface area contributed by atoms with Crippen LogP contribution in [0.1, 0.15) is 45.1 Å². The number of hydrogen-bond acceptors (Lipinski definition) is 2. The van der Waals surface area contributed by atoms with Gasteiger partial charge in [0.25, 0.3) is 0 Å². The highest BCUT2D eigenvalue weighted by molar-refractivity contribution is 5.38. The SMILES string of the molecule is CC(C)(C)CC1CC(CN)c2ccccc2O1. The standard InChI is InChI=1S/C15H23NO/c1-15(2,3)9-12-8-11(10-16)13-6-4-5-7-14(13)17-12/h4-7,11-12H,8-10,16H2,1-3H3. The summed E-state index contributed by atoms with van der Waals surface area (Å²) in [5, 5.41) is 0. The molecule has 1 aromatic rings. The van der Waals surface area contributed by atoms with E-state index in [0.717, 1.165) is 18.6 Å². The van der Waals surface area contributed by atoms with Gasteiger partial charge in [-0.25, -0.2) is 0 Å². The minimum Gasteiger partial charge on any atom is -0.490 e. The normalized spacial score (nSPS) is 24.0. The van der Waals surface area contributed by atoms with Crippen molar-refractivity contribution in [1.29, 1.82) is 0 Å². The van der Waals surface area contributed by atoms with E-state index < -0.39 is 0 Å². The second-order valence-corrected chi connectivity index (χ2v) is 6.21. The Morgan fingerprint density at radius 2 is 2.00 bits per heavy atom. The Labute approximate surface area is 104 Å². The Morgan fingerprint density at radius 1 is 1.29 bits per heavy atom. The molecule has 0 spiro atoms. The van der Waals surface area contributed by atoms with Crippen molar-refractivity contribution < 1.29 is 4.74 Å². The van der Waals surface area contributed by atoms with Gasteiger partial charge in [0.15, 0.2) is 0 Å². The molecule has 17 heavy (non-hydrogen) atoms. The maximum Gasteiger partial charge on any atom is 0.123 e. The Hall–Kier alpha value is -1.02. The van der Waals surface area contributed by atoms with Crippen molar-refractivity contribution in [2.24, 2.45) is 11.1 Å². The first kappa shape index (κ1) is 12.4. The van der Waals surface area contributed by atoms with Crippen LogP contribution in [0.4, 0.5) is 0 Å². The quantitative estimate of drug-likeness (QED) is 0.850. The van der Waals surface area contributed by atoms with Gasteiger partial charge in [-0.3, -0.25) is 0 Å². The molecular weight excluding hydrogens is 210 g/mol. The Bertz CT molecular complexity index is 381. The van der Waals surface area contributed by atoms with Crippen LogP contribution in [0.2, 0.25) is 0 Å². The van der Waals surface area contributed by atoms with Crippen LogP contribution in [0.5, 0.6) is 5.75 Å². The van der Waals surface area contributed by atoms with Gasteiger partial charge >= 0.3 is 0 Å². The Balaban J connectivity index is 2.18. The summed E-state index contributed by atoms with van der Waals surface area (Å²) in [6.45, 7) is 7.48. The van der Waals surface area contributed by atoms with E-state index >= 15 is 0 Å². The predicted molar refractivity (Wildman–Crippen MR) is 71.3 cm³/mol. The summed E-state index contributed by atoms with van der Waals surface area (Å²) in [6, 6.07) is 8.30. The van der Waals surface area contributed by atoms with Crippen LogP contribution in [0.15, 0.2) is 24.3 Å². The molecule has 1 aliphatic heterocycles. The largest absolute Gasteiger partial charge is 0.490 e. The average Bonchev–Trinajstić information content (AvgIpc) is 2.25. The fourth-order valence-corrected chi connectivity index (χ4v) is 2.63. The lowest BCUT2D eigenvalue weighted by Gasteiger charge is -2.35. The molecule has 0 fully saturated rings. The van der Waals surface area contributed by atoms with Crippen molar-refractivity contribution in [2.45, 2.75) is 45.6 Å². The fourth-order valence-electron chi connectivity index (χ4n) is 2.63. The molecule has 2 unspecified atom stereocenters. The van der Waals surface area contributed by atoms with Crippen molar-refractivity contribution in [2.75, 3.05) is 6.54 Å². The van der Waals surface area contributed by atoms with E-state index in [1.54, 1.807) is 0 Å². The van der Waals surface area contributed by atoms with Crippen molar-refractivity contribution in [3.63, 3.8) is 0 Å². The van der Waals surface area contributed by atoms with Gasteiger partial charge in [0.1, 0.15) is 5.75 Å². The van der Waals surface area contributed by atoms with Crippen LogP contribution >= 0.6 is 0 Å². The molecule has 0 radical (unpaired) electrons. The van der Waals surface area contributed by atoms with Gasteiger partial charge in [-0.2, -0.15) is 0 Å². The summed E-state index contributed by atoms with van der Waals surface area (Å²) < 4.78 is 6.08. The second kappa shape index (κ2) is 4.69. The van der Waals surface area contributed by atoms with Gasteiger partial charge in [0.2, 0.25) is 0 Å². The summed E-state index contributed by atoms with van der Waals surface area (Å²) in [6.07, 6.45) is 2.43. The van der Waals surface area contributed by atoms with E-state index in [1.165, 1.54) is 5.56 Å². The average molecular weight is 233 g/mol. The highest BCUT2D eigenvalue weighted by Crippen LogP contribution is 2.38. The third-order valence-corrected chi connectivity index (χ3v) is 3.32. The molecule has 1 heterocycles. The molecule has 2 heteroatoms. The molecule has 94 valence electrons. The van der Waals surface area contributed by atoms with E-state index in [0.29, 0.717) is 24.0 Å². The molecule has 2 atom stereocenters. The van der Waals surface area contributed by atoms with Crippen LogP contribution in [-0.4, -0.2) is 12.6 Å². The van der Waals surface area contributed by atoms with E-state index in [4.69, 9.17) is 10.5 Å². The highest BCUT2D eigenvalue weighted by atomic mass is 16.5. The lowest BCUT2D eigenvalue weighted by molar-refractivity contribution is 0.112. The summed E-state index contributed by atoms with van der Waals surface area (Å²) in [5.41, 5.74) is 7.47. The highest BCUT2D eigenvalue weighted by Gasteiger charge is 2.29. The van der Waals surface area contributed by atoms with E-state index in [2.05, 4.69) is 39.0 Å².